The van der Waals surface area contributed by atoms with Crippen LogP contribution in [0.5, 0.6) is 5.75 Å². The van der Waals surface area contributed by atoms with E-state index in [-0.39, 0.29) is 0 Å². The lowest BCUT2D eigenvalue weighted by molar-refractivity contribution is 0.402. The summed E-state index contributed by atoms with van der Waals surface area (Å²) in [5.41, 5.74) is 3.60. The number of rotatable bonds is 6. The summed E-state index contributed by atoms with van der Waals surface area (Å²) in [5.74, 6) is 0.872. The molecule has 1 N–H and O–H groups in total. The Morgan fingerprint density at radius 1 is 1.10 bits per heavy atom. The molecule has 0 radical (unpaired) electrons. The standard InChI is InChI=1S/C17H21BrN2O/c1-20(2)12-13-4-6-15(7-5-13)19-11-14-10-16(21-3)8-9-17(14)18/h4-10,19H,11-12H2,1-3H3. The predicted molar refractivity (Wildman–Crippen MR) is 91.9 cm³/mol. The van der Waals surface area contributed by atoms with Gasteiger partial charge in [-0.3, -0.25) is 0 Å². The summed E-state index contributed by atoms with van der Waals surface area (Å²) >= 11 is 3.57. The second-order valence-electron chi connectivity index (χ2n) is 5.25. The highest BCUT2D eigenvalue weighted by molar-refractivity contribution is 9.10. The first-order chi connectivity index (χ1) is 10.1. The first kappa shape index (κ1) is 15.9. The quantitative estimate of drug-likeness (QED) is 0.849. The zero-order valence-corrected chi connectivity index (χ0v) is 14.3. The maximum atomic E-state index is 5.26. The van der Waals surface area contributed by atoms with Gasteiger partial charge in [0.15, 0.2) is 0 Å². The highest BCUT2D eigenvalue weighted by atomic mass is 79.9. The van der Waals surface area contributed by atoms with E-state index in [1.54, 1.807) is 7.11 Å². The number of halogens is 1. The number of benzene rings is 2. The van der Waals surface area contributed by atoms with E-state index in [2.05, 4.69) is 64.5 Å². The average molecular weight is 349 g/mol. The van der Waals surface area contributed by atoms with E-state index in [4.69, 9.17) is 4.74 Å². The van der Waals surface area contributed by atoms with E-state index in [9.17, 15) is 0 Å². The average Bonchev–Trinajstić information content (AvgIpc) is 2.47. The first-order valence-electron chi connectivity index (χ1n) is 6.88. The van der Waals surface area contributed by atoms with Crippen LogP contribution in [0, 0.1) is 0 Å². The maximum absolute atomic E-state index is 5.26. The van der Waals surface area contributed by atoms with E-state index >= 15 is 0 Å². The normalized spacial score (nSPS) is 10.7. The molecule has 0 bridgehead atoms. The lowest BCUT2D eigenvalue weighted by atomic mass is 10.2. The Bertz CT molecular complexity index is 582. The van der Waals surface area contributed by atoms with Crippen molar-refractivity contribution in [1.82, 2.24) is 4.90 Å². The van der Waals surface area contributed by atoms with Crippen LogP contribution in [0.3, 0.4) is 0 Å². The summed E-state index contributed by atoms with van der Waals surface area (Å²) in [6.07, 6.45) is 0. The van der Waals surface area contributed by atoms with Crippen LogP contribution in [0.4, 0.5) is 5.69 Å². The van der Waals surface area contributed by atoms with Crippen LogP contribution in [0.15, 0.2) is 46.9 Å². The van der Waals surface area contributed by atoms with Gasteiger partial charge in [-0.1, -0.05) is 28.1 Å². The summed E-state index contributed by atoms with van der Waals surface area (Å²) < 4.78 is 6.34. The molecule has 0 heterocycles. The first-order valence-corrected chi connectivity index (χ1v) is 7.68. The van der Waals surface area contributed by atoms with Crippen molar-refractivity contribution in [1.29, 1.82) is 0 Å². The number of nitrogens with one attached hydrogen (secondary N) is 1. The summed E-state index contributed by atoms with van der Waals surface area (Å²) in [6, 6.07) is 14.5. The Balaban J connectivity index is 1.99. The summed E-state index contributed by atoms with van der Waals surface area (Å²) in [4.78, 5) is 2.16. The van der Waals surface area contributed by atoms with Gasteiger partial charge >= 0.3 is 0 Å². The van der Waals surface area contributed by atoms with Crippen LogP contribution < -0.4 is 10.1 Å². The predicted octanol–water partition coefficient (Wildman–Crippen LogP) is 4.13. The molecule has 0 saturated carbocycles. The lowest BCUT2D eigenvalue weighted by Gasteiger charge is -2.12. The molecular weight excluding hydrogens is 328 g/mol. The fourth-order valence-corrected chi connectivity index (χ4v) is 2.49. The van der Waals surface area contributed by atoms with Gasteiger partial charge in [0.2, 0.25) is 0 Å². The zero-order valence-electron chi connectivity index (χ0n) is 12.7. The molecule has 0 aromatic heterocycles. The molecular formula is C17H21BrN2O. The Hall–Kier alpha value is -1.52. The Morgan fingerprint density at radius 2 is 1.81 bits per heavy atom. The van der Waals surface area contributed by atoms with Gasteiger partial charge in [-0.15, -0.1) is 0 Å². The Morgan fingerprint density at radius 3 is 2.43 bits per heavy atom. The SMILES string of the molecule is COc1ccc(Br)c(CNc2ccc(CN(C)C)cc2)c1. The minimum Gasteiger partial charge on any atom is -0.497 e. The fraction of sp³-hybridized carbons (Fsp3) is 0.294. The van der Waals surface area contributed by atoms with Gasteiger partial charge in [0.05, 0.1) is 7.11 Å². The van der Waals surface area contributed by atoms with E-state index in [0.29, 0.717) is 0 Å². The van der Waals surface area contributed by atoms with Crippen molar-refractivity contribution in [3.8, 4) is 5.75 Å². The highest BCUT2D eigenvalue weighted by Crippen LogP contribution is 2.23. The van der Waals surface area contributed by atoms with Crippen LogP contribution >= 0.6 is 15.9 Å². The molecule has 0 saturated heterocycles. The van der Waals surface area contributed by atoms with Gasteiger partial charge < -0.3 is 15.0 Å². The molecule has 21 heavy (non-hydrogen) atoms. The molecule has 2 rings (SSSR count). The molecule has 112 valence electrons. The topological polar surface area (TPSA) is 24.5 Å². The summed E-state index contributed by atoms with van der Waals surface area (Å²) in [7, 11) is 5.84. The van der Waals surface area contributed by atoms with Crippen molar-refractivity contribution in [2.24, 2.45) is 0 Å². The lowest BCUT2D eigenvalue weighted by Crippen LogP contribution is -2.10. The molecule has 4 heteroatoms. The third-order valence-electron chi connectivity index (χ3n) is 3.19. The molecule has 0 spiro atoms. The van der Waals surface area contributed by atoms with Gasteiger partial charge in [-0.25, -0.2) is 0 Å². The van der Waals surface area contributed by atoms with Gasteiger partial charge in [-0.2, -0.15) is 0 Å². The number of nitrogens with zero attached hydrogens (tertiary/aromatic N) is 1. The van der Waals surface area contributed by atoms with Crippen molar-refractivity contribution in [2.45, 2.75) is 13.1 Å². The van der Waals surface area contributed by atoms with Gasteiger partial charge in [-0.05, 0) is 55.6 Å². The molecule has 0 unspecified atom stereocenters. The smallest absolute Gasteiger partial charge is 0.119 e. The van der Waals surface area contributed by atoms with Crippen LogP contribution in [0.25, 0.3) is 0 Å². The van der Waals surface area contributed by atoms with Gasteiger partial charge in [0, 0.05) is 23.2 Å². The van der Waals surface area contributed by atoms with E-state index < -0.39 is 0 Å². The largest absolute Gasteiger partial charge is 0.497 e. The molecule has 2 aromatic rings. The molecule has 0 aliphatic carbocycles. The van der Waals surface area contributed by atoms with Crippen LogP contribution in [-0.2, 0) is 13.1 Å². The highest BCUT2D eigenvalue weighted by Gasteiger charge is 2.03. The van der Waals surface area contributed by atoms with Crippen LogP contribution in [-0.4, -0.2) is 26.1 Å². The third kappa shape index (κ3) is 4.76. The molecule has 0 fully saturated rings. The molecule has 0 atom stereocenters. The fourth-order valence-electron chi connectivity index (χ4n) is 2.10. The number of hydrogen-bond acceptors (Lipinski definition) is 3. The minimum absolute atomic E-state index is 0.755. The van der Waals surface area contributed by atoms with Crippen molar-refractivity contribution < 1.29 is 4.74 Å². The second-order valence-corrected chi connectivity index (χ2v) is 6.10. The van der Waals surface area contributed by atoms with Crippen LogP contribution in [0.1, 0.15) is 11.1 Å². The van der Waals surface area contributed by atoms with E-state index in [1.165, 1.54) is 11.1 Å². The molecule has 3 nitrogen and oxygen atoms in total. The van der Waals surface area contributed by atoms with Gasteiger partial charge in [0.25, 0.3) is 0 Å². The monoisotopic (exact) mass is 348 g/mol. The Kier molecular flexibility index (Phi) is 5.65. The number of anilines is 1. The summed E-state index contributed by atoms with van der Waals surface area (Å²) in [6.45, 7) is 1.71. The second kappa shape index (κ2) is 7.48. The molecule has 2 aromatic carbocycles. The van der Waals surface area contributed by atoms with Crippen molar-refractivity contribution in [3.05, 3.63) is 58.1 Å². The van der Waals surface area contributed by atoms with Gasteiger partial charge in [0.1, 0.15) is 5.75 Å². The third-order valence-corrected chi connectivity index (χ3v) is 3.96. The number of methoxy groups -OCH3 is 1. The Labute approximate surface area is 135 Å². The van der Waals surface area contributed by atoms with Crippen molar-refractivity contribution in [2.75, 3.05) is 26.5 Å². The number of hydrogen-bond donors (Lipinski definition) is 1. The van der Waals surface area contributed by atoms with E-state index in [1.807, 2.05) is 18.2 Å². The summed E-state index contributed by atoms with van der Waals surface area (Å²) in [5, 5.41) is 3.43. The zero-order chi connectivity index (χ0) is 15.2. The molecule has 0 aliphatic heterocycles. The maximum Gasteiger partial charge on any atom is 0.119 e. The van der Waals surface area contributed by atoms with E-state index in [0.717, 1.165) is 29.0 Å². The molecule has 0 aliphatic rings. The number of ether oxygens (including phenoxy) is 1. The van der Waals surface area contributed by atoms with Crippen LogP contribution in [0.2, 0.25) is 0 Å². The van der Waals surface area contributed by atoms with Crippen molar-refractivity contribution >= 4 is 21.6 Å². The molecule has 0 amide bonds. The van der Waals surface area contributed by atoms with Crippen molar-refractivity contribution in [3.63, 3.8) is 0 Å². The minimum atomic E-state index is 0.755.